The van der Waals surface area contributed by atoms with Gasteiger partial charge in [0.2, 0.25) is 0 Å². The van der Waals surface area contributed by atoms with Crippen LogP contribution in [0.2, 0.25) is 5.02 Å². The number of ketones is 1. The van der Waals surface area contributed by atoms with Gasteiger partial charge in [-0.1, -0.05) is 79.1 Å². The minimum absolute atomic E-state index is 0.0103. The molecule has 0 saturated heterocycles. The number of para-hydroxylation sites is 1. The molecule has 1 aromatic heterocycles. The van der Waals surface area contributed by atoms with E-state index in [4.69, 9.17) is 16.3 Å². The van der Waals surface area contributed by atoms with Gasteiger partial charge in [0.1, 0.15) is 18.1 Å². The Morgan fingerprint density at radius 2 is 1.68 bits per heavy atom. The van der Waals surface area contributed by atoms with E-state index < -0.39 is 5.60 Å². The topological polar surface area (TPSA) is 94.3 Å². The maximum Gasteiger partial charge on any atom is 0.333 e. The predicted molar refractivity (Wildman–Crippen MR) is 188 cm³/mol. The number of ether oxygens (including phenoxy) is 1. The van der Waals surface area contributed by atoms with Gasteiger partial charge in [0.25, 0.3) is 0 Å². The highest BCUT2D eigenvalue weighted by Gasteiger charge is 2.59. The van der Waals surface area contributed by atoms with E-state index in [0.717, 1.165) is 57.8 Å². The average Bonchev–Trinajstić information content (AvgIpc) is 3.48. The summed E-state index contributed by atoms with van der Waals surface area (Å²) in [7, 11) is 0. The number of Topliss-reactive ketones (excluding diaryl/α,β-unsaturated/α-hetero) is 1. The van der Waals surface area contributed by atoms with Crippen LogP contribution in [-0.4, -0.2) is 37.5 Å². The first kappa shape index (κ1) is 36.8. The summed E-state index contributed by atoms with van der Waals surface area (Å²) in [5, 5.41) is 20.2. The van der Waals surface area contributed by atoms with Crippen molar-refractivity contribution >= 4 is 23.4 Å². The van der Waals surface area contributed by atoms with Gasteiger partial charge < -0.3 is 9.84 Å². The van der Waals surface area contributed by atoms with E-state index in [1.54, 1.807) is 23.9 Å². The molecule has 0 bridgehead atoms. The van der Waals surface area contributed by atoms with Gasteiger partial charge in [-0.2, -0.15) is 0 Å². The molecule has 0 radical (unpaired) electrons. The largest absolute Gasteiger partial charge is 0.456 e. The average molecular weight is 664 g/mol. The molecule has 2 aliphatic carbocycles. The number of halogens is 1. The van der Waals surface area contributed by atoms with Crippen molar-refractivity contribution in [3.05, 3.63) is 76.1 Å². The Bertz CT molecular complexity index is 1520. The molecule has 1 heterocycles. The smallest absolute Gasteiger partial charge is 0.333 e. The standard InChI is InChI=1S/C39H54ClN3O4/c1-27(15-11-17-29(3)36(45)47-26-30-25-43(42-41-30)32-19-9-8-18-31(32)40)13-10-14-28(2)16-12-20-34-38(6)23-22-35(44)37(4,5)33(38)21-24-39(34,7)46/h8-9,13,16-19,25,33-34,46H,10-12,14-15,20-24,26H2,1-7H3/b27-13+,28-16+,29-17+/t33-,34-,38+,39-/m1/s1. The number of aliphatic hydroxyl groups is 1. The predicted octanol–water partition coefficient (Wildman–Crippen LogP) is 9.32. The van der Waals surface area contributed by atoms with Crippen LogP contribution in [0.4, 0.5) is 0 Å². The first-order valence-electron chi connectivity index (χ1n) is 17.2. The molecular formula is C39H54ClN3O4. The van der Waals surface area contributed by atoms with Gasteiger partial charge in [0.15, 0.2) is 0 Å². The molecule has 1 aromatic carbocycles. The summed E-state index contributed by atoms with van der Waals surface area (Å²) < 4.78 is 7.01. The number of aromatic nitrogens is 3. The summed E-state index contributed by atoms with van der Waals surface area (Å²) in [6.45, 7) is 14.8. The van der Waals surface area contributed by atoms with Crippen LogP contribution in [-0.2, 0) is 20.9 Å². The number of carbonyl (C=O) groups excluding carboxylic acids is 2. The number of rotatable bonds is 13. The number of carbonyl (C=O) groups is 2. The minimum atomic E-state index is -0.688. The quantitative estimate of drug-likeness (QED) is 0.130. The molecule has 7 nitrogen and oxygen atoms in total. The summed E-state index contributed by atoms with van der Waals surface area (Å²) in [4.78, 5) is 25.3. The van der Waals surface area contributed by atoms with Crippen molar-refractivity contribution in [2.24, 2.45) is 22.7 Å². The van der Waals surface area contributed by atoms with Crippen molar-refractivity contribution in [3.63, 3.8) is 0 Å². The van der Waals surface area contributed by atoms with E-state index in [2.05, 4.69) is 57.1 Å². The Morgan fingerprint density at radius 1 is 1.02 bits per heavy atom. The van der Waals surface area contributed by atoms with Gasteiger partial charge in [0, 0.05) is 17.4 Å². The SMILES string of the molecule is C/C(=C\CC/C(C)=C/CC[C@@H]1[C@@]2(C)CCC(=O)C(C)(C)[C@H]2CC[C@@]1(C)O)CC/C=C(\C)C(=O)OCc1cn(-c2ccccc2Cl)nn1. The van der Waals surface area contributed by atoms with Crippen molar-refractivity contribution in [1.29, 1.82) is 0 Å². The maximum atomic E-state index is 12.8. The summed E-state index contributed by atoms with van der Waals surface area (Å²) in [6, 6.07) is 7.35. The zero-order valence-corrected chi connectivity index (χ0v) is 30.2. The monoisotopic (exact) mass is 663 g/mol. The van der Waals surface area contributed by atoms with E-state index in [1.165, 1.54) is 11.1 Å². The summed E-state index contributed by atoms with van der Waals surface area (Å²) in [5.41, 5.74) is 3.51. The first-order chi connectivity index (χ1) is 22.1. The van der Waals surface area contributed by atoms with Crippen molar-refractivity contribution in [2.45, 2.75) is 125 Å². The fraction of sp³-hybridized carbons (Fsp3) is 0.590. The zero-order chi connectivity index (χ0) is 34.4. The third-order valence-corrected chi connectivity index (χ3v) is 11.4. The fourth-order valence-electron chi connectivity index (χ4n) is 8.19. The van der Waals surface area contributed by atoms with Crippen LogP contribution in [0.1, 0.15) is 118 Å². The highest BCUT2D eigenvalue weighted by molar-refractivity contribution is 6.32. The molecule has 2 fully saturated rings. The maximum absolute atomic E-state index is 12.8. The lowest BCUT2D eigenvalue weighted by Crippen LogP contribution is -2.59. The molecular weight excluding hydrogens is 610 g/mol. The zero-order valence-electron chi connectivity index (χ0n) is 29.4. The second-order valence-corrected chi connectivity index (χ2v) is 15.4. The molecule has 8 heteroatoms. The Morgan fingerprint density at radius 3 is 2.38 bits per heavy atom. The van der Waals surface area contributed by atoms with Crippen LogP contribution >= 0.6 is 11.6 Å². The van der Waals surface area contributed by atoms with Gasteiger partial charge in [-0.3, -0.25) is 4.79 Å². The van der Waals surface area contributed by atoms with E-state index in [9.17, 15) is 14.7 Å². The molecule has 1 N–H and O–H groups in total. The Kier molecular flexibility index (Phi) is 12.1. The molecule has 2 aliphatic rings. The van der Waals surface area contributed by atoms with Crippen LogP contribution in [0.5, 0.6) is 0 Å². The van der Waals surface area contributed by atoms with Crippen molar-refractivity contribution in [2.75, 3.05) is 0 Å². The Hall–Kier alpha value is -3.03. The van der Waals surface area contributed by atoms with E-state index in [0.29, 0.717) is 40.1 Å². The van der Waals surface area contributed by atoms with Gasteiger partial charge >= 0.3 is 5.97 Å². The summed E-state index contributed by atoms with van der Waals surface area (Å²) >= 11 is 6.23. The van der Waals surface area contributed by atoms with Gasteiger partial charge in [-0.15, -0.1) is 5.10 Å². The molecule has 4 atom stereocenters. The van der Waals surface area contributed by atoms with Crippen molar-refractivity contribution in [1.82, 2.24) is 15.0 Å². The number of allylic oxidation sites excluding steroid dienone is 5. The summed E-state index contributed by atoms with van der Waals surface area (Å²) in [5.74, 6) is 0.547. The van der Waals surface area contributed by atoms with Gasteiger partial charge in [0.05, 0.1) is 22.5 Å². The number of benzene rings is 1. The van der Waals surface area contributed by atoms with Crippen LogP contribution in [0, 0.1) is 22.7 Å². The number of nitrogens with zero attached hydrogens (tertiary/aromatic N) is 3. The van der Waals surface area contributed by atoms with Crippen LogP contribution < -0.4 is 0 Å². The molecule has 4 rings (SSSR count). The lowest BCUT2D eigenvalue weighted by Gasteiger charge is -2.60. The third kappa shape index (κ3) is 8.91. The molecule has 0 spiro atoms. The van der Waals surface area contributed by atoms with Crippen LogP contribution in [0.25, 0.3) is 5.69 Å². The van der Waals surface area contributed by atoms with Gasteiger partial charge in [-0.25, -0.2) is 9.48 Å². The molecule has 47 heavy (non-hydrogen) atoms. The third-order valence-electron chi connectivity index (χ3n) is 11.0. The molecule has 256 valence electrons. The summed E-state index contributed by atoms with van der Waals surface area (Å²) in [6.07, 6.45) is 17.0. The molecule has 0 amide bonds. The van der Waals surface area contributed by atoms with E-state index in [-0.39, 0.29) is 29.3 Å². The van der Waals surface area contributed by atoms with Crippen LogP contribution in [0.3, 0.4) is 0 Å². The number of hydrogen-bond donors (Lipinski definition) is 1. The van der Waals surface area contributed by atoms with E-state index >= 15 is 0 Å². The first-order valence-corrected chi connectivity index (χ1v) is 17.6. The molecule has 0 unspecified atom stereocenters. The fourth-order valence-corrected chi connectivity index (χ4v) is 8.41. The molecule has 2 saturated carbocycles. The Balaban J connectivity index is 1.18. The van der Waals surface area contributed by atoms with Crippen molar-refractivity contribution in [3.8, 4) is 5.69 Å². The highest BCUT2D eigenvalue weighted by Crippen LogP contribution is 2.62. The second-order valence-electron chi connectivity index (χ2n) is 15.0. The second kappa shape index (κ2) is 15.5. The number of hydrogen-bond acceptors (Lipinski definition) is 6. The highest BCUT2D eigenvalue weighted by atomic mass is 35.5. The van der Waals surface area contributed by atoms with Crippen molar-refractivity contribution < 1.29 is 19.4 Å². The number of esters is 1. The lowest BCUT2D eigenvalue weighted by atomic mass is 9.45. The normalized spacial score (nSPS) is 26.7. The number of fused-ring (bicyclic) bond motifs is 1. The van der Waals surface area contributed by atoms with Crippen LogP contribution in [0.15, 0.2) is 65.4 Å². The minimum Gasteiger partial charge on any atom is -0.456 e. The van der Waals surface area contributed by atoms with E-state index in [1.807, 2.05) is 31.2 Å². The lowest BCUT2D eigenvalue weighted by molar-refractivity contribution is -0.177. The van der Waals surface area contributed by atoms with Gasteiger partial charge in [-0.05, 0) is 115 Å². The molecule has 2 aromatic rings. The Labute approximate surface area is 286 Å². The molecule has 0 aliphatic heterocycles.